The lowest BCUT2D eigenvalue weighted by atomic mass is 10.4. The molecule has 0 spiro atoms. The Bertz CT molecular complexity index is 512. The summed E-state index contributed by atoms with van der Waals surface area (Å²) in [4.78, 5) is 48.1. The summed E-state index contributed by atoms with van der Waals surface area (Å²) in [5, 5.41) is 4.31. The fraction of sp³-hybridized carbons (Fsp3) is 0.182. The van der Waals surface area contributed by atoms with Crippen LogP contribution in [0.3, 0.4) is 0 Å². The predicted molar refractivity (Wildman–Crippen MR) is 65.5 cm³/mol. The van der Waals surface area contributed by atoms with Gasteiger partial charge in [0.1, 0.15) is 11.6 Å². The maximum absolute atomic E-state index is 11.2. The summed E-state index contributed by atoms with van der Waals surface area (Å²) in [6.45, 7) is 0. The molecule has 1 aromatic heterocycles. The normalized spacial score (nSPS) is 9.30. The second-order valence-electron chi connectivity index (χ2n) is 3.30. The van der Waals surface area contributed by atoms with Crippen LogP contribution in [0.1, 0.15) is 0 Å². The molecule has 0 radical (unpaired) electrons. The number of ether oxygens (including phenoxy) is 2. The van der Waals surface area contributed by atoms with Crippen LogP contribution in [0.2, 0.25) is 0 Å². The molecule has 9 nitrogen and oxygen atoms in total. The summed E-state index contributed by atoms with van der Waals surface area (Å²) in [6.07, 6.45) is 0. The van der Waals surface area contributed by atoms with Gasteiger partial charge in [-0.15, -0.1) is 0 Å². The third-order valence-corrected chi connectivity index (χ3v) is 1.97. The van der Waals surface area contributed by atoms with Gasteiger partial charge in [-0.3, -0.25) is 9.59 Å². The van der Waals surface area contributed by atoms with E-state index in [9.17, 15) is 19.2 Å². The third-order valence-electron chi connectivity index (χ3n) is 1.97. The molecular weight excluding hydrogens is 270 g/mol. The Kier molecular flexibility index (Phi) is 5.15. The van der Waals surface area contributed by atoms with E-state index in [0.717, 1.165) is 14.2 Å². The number of methoxy groups -OCH3 is 2. The lowest BCUT2D eigenvalue weighted by Gasteiger charge is -2.06. The minimum absolute atomic E-state index is 0.00284. The van der Waals surface area contributed by atoms with Crippen molar-refractivity contribution in [3.8, 4) is 0 Å². The topological polar surface area (TPSA) is 124 Å². The van der Waals surface area contributed by atoms with Crippen LogP contribution in [0.25, 0.3) is 0 Å². The number of pyridine rings is 1. The molecule has 0 atom stereocenters. The number of amides is 2. The largest absolute Gasteiger partial charge is 0.462 e. The zero-order valence-electron chi connectivity index (χ0n) is 10.6. The van der Waals surface area contributed by atoms with Gasteiger partial charge in [0.25, 0.3) is 0 Å². The Labute approximate surface area is 113 Å². The van der Waals surface area contributed by atoms with Gasteiger partial charge in [-0.2, -0.15) is 0 Å². The molecule has 0 aliphatic rings. The van der Waals surface area contributed by atoms with Crippen molar-refractivity contribution >= 4 is 35.4 Å². The monoisotopic (exact) mass is 281 g/mol. The van der Waals surface area contributed by atoms with E-state index in [1.807, 2.05) is 0 Å². The summed E-state index contributed by atoms with van der Waals surface area (Å²) in [7, 11) is 2.12. The van der Waals surface area contributed by atoms with E-state index >= 15 is 0 Å². The standard InChI is InChI=1S/C11H11N3O6/c1-19-10(17)8(15)13-6-4-3-5-7(12-6)14-9(16)11(18)20-2/h3-5H,1-2H3,(H2,12,13,14,15,16). The predicted octanol–water partition coefficient (Wildman–Crippen LogP) is -0.695. The average molecular weight is 281 g/mol. The van der Waals surface area contributed by atoms with Crippen molar-refractivity contribution in [3.63, 3.8) is 0 Å². The number of hydrogen-bond donors (Lipinski definition) is 2. The summed E-state index contributed by atoms with van der Waals surface area (Å²) >= 11 is 0. The summed E-state index contributed by atoms with van der Waals surface area (Å²) in [5.41, 5.74) is 0. The SMILES string of the molecule is COC(=O)C(=O)Nc1cccc(NC(=O)C(=O)OC)n1. The van der Waals surface area contributed by atoms with Gasteiger partial charge >= 0.3 is 23.8 Å². The molecule has 20 heavy (non-hydrogen) atoms. The second kappa shape index (κ2) is 6.83. The number of aromatic nitrogens is 1. The van der Waals surface area contributed by atoms with Crippen LogP contribution in [-0.2, 0) is 28.7 Å². The van der Waals surface area contributed by atoms with Gasteiger partial charge in [-0.05, 0) is 12.1 Å². The number of carbonyl (C=O) groups excluding carboxylic acids is 4. The zero-order chi connectivity index (χ0) is 15.1. The Morgan fingerprint density at radius 1 is 0.900 bits per heavy atom. The number of rotatable bonds is 2. The molecule has 0 aliphatic carbocycles. The third kappa shape index (κ3) is 4.05. The number of carbonyl (C=O) groups is 4. The molecule has 106 valence electrons. The van der Waals surface area contributed by atoms with Gasteiger partial charge < -0.3 is 20.1 Å². The Morgan fingerprint density at radius 2 is 1.30 bits per heavy atom. The maximum Gasteiger partial charge on any atom is 0.396 e. The second-order valence-corrected chi connectivity index (χ2v) is 3.30. The molecule has 9 heteroatoms. The Hall–Kier alpha value is -2.97. The first-order chi connectivity index (χ1) is 9.47. The van der Waals surface area contributed by atoms with Crippen LogP contribution >= 0.6 is 0 Å². The lowest BCUT2D eigenvalue weighted by molar-refractivity contribution is -0.150. The van der Waals surface area contributed by atoms with Gasteiger partial charge in [-0.25, -0.2) is 14.6 Å². The van der Waals surface area contributed by atoms with E-state index in [0.29, 0.717) is 0 Å². The summed E-state index contributed by atoms with van der Waals surface area (Å²) in [5.74, 6) is -4.20. The van der Waals surface area contributed by atoms with E-state index < -0.39 is 23.8 Å². The molecule has 0 saturated heterocycles. The van der Waals surface area contributed by atoms with E-state index in [2.05, 4.69) is 25.1 Å². The highest BCUT2D eigenvalue weighted by Gasteiger charge is 2.16. The molecule has 0 aliphatic heterocycles. The van der Waals surface area contributed by atoms with Crippen molar-refractivity contribution in [1.82, 2.24) is 4.98 Å². The molecule has 2 amide bonds. The fourth-order valence-corrected chi connectivity index (χ4v) is 1.09. The fourth-order valence-electron chi connectivity index (χ4n) is 1.09. The van der Waals surface area contributed by atoms with E-state index in [-0.39, 0.29) is 11.6 Å². The molecule has 0 saturated carbocycles. The van der Waals surface area contributed by atoms with Crippen molar-refractivity contribution in [2.45, 2.75) is 0 Å². The van der Waals surface area contributed by atoms with Crippen molar-refractivity contribution in [2.24, 2.45) is 0 Å². The summed E-state index contributed by atoms with van der Waals surface area (Å²) in [6, 6.07) is 4.22. The van der Waals surface area contributed by atoms with Crippen LogP contribution in [0.15, 0.2) is 18.2 Å². The molecule has 0 bridgehead atoms. The molecule has 1 heterocycles. The number of esters is 2. The van der Waals surface area contributed by atoms with Gasteiger partial charge in [0.2, 0.25) is 0 Å². The van der Waals surface area contributed by atoms with Crippen LogP contribution in [0, 0.1) is 0 Å². The van der Waals surface area contributed by atoms with Crippen molar-refractivity contribution < 1.29 is 28.7 Å². The van der Waals surface area contributed by atoms with Crippen LogP contribution in [-0.4, -0.2) is 43.0 Å². The number of nitrogens with one attached hydrogen (secondary N) is 2. The van der Waals surface area contributed by atoms with Gasteiger partial charge in [0, 0.05) is 0 Å². The quantitative estimate of drug-likeness (QED) is 0.542. The minimum atomic E-state index is -1.09. The number of nitrogens with zero attached hydrogens (tertiary/aromatic N) is 1. The van der Waals surface area contributed by atoms with Crippen LogP contribution in [0.5, 0.6) is 0 Å². The molecule has 1 aromatic rings. The Morgan fingerprint density at radius 3 is 1.65 bits per heavy atom. The first-order valence-electron chi connectivity index (χ1n) is 5.23. The molecule has 1 rings (SSSR count). The van der Waals surface area contributed by atoms with Crippen LogP contribution in [0.4, 0.5) is 11.6 Å². The maximum atomic E-state index is 11.2. The molecule has 0 aromatic carbocycles. The molecule has 0 fully saturated rings. The van der Waals surface area contributed by atoms with Gasteiger partial charge in [0.15, 0.2) is 0 Å². The van der Waals surface area contributed by atoms with Crippen LogP contribution < -0.4 is 10.6 Å². The van der Waals surface area contributed by atoms with Gasteiger partial charge in [-0.1, -0.05) is 6.07 Å². The molecule has 0 unspecified atom stereocenters. The zero-order valence-corrected chi connectivity index (χ0v) is 10.6. The first kappa shape index (κ1) is 15.1. The first-order valence-corrected chi connectivity index (χ1v) is 5.23. The molecular formula is C11H11N3O6. The number of hydrogen-bond acceptors (Lipinski definition) is 7. The summed E-state index contributed by atoms with van der Waals surface area (Å²) < 4.78 is 8.43. The van der Waals surface area contributed by atoms with E-state index in [4.69, 9.17) is 0 Å². The average Bonchev–Trinajstić information content (AvgIpc) is 2.45. The van der Waals surface area contributed by atoms with Crippen molar-refractivity contribution in [1.29, 1.82) is 0 Å². The van der Waals surface area contributed by atoms with E-state index in [1.54, 1.807) is 0 Å². The lowest BCUT2D eigenvalue weighted by Crippen LogP contribution is -2.26. The highest BCUT2D eigenvalue weighted by Crippen LogP contribution is 2.09. The smallest absolute Gasteiger partial charge is 0.396 e. The Balaban J connectivity index is 2.76. The molecule has 2 N–H and O–H groups in total. The van der Waals surface area contributed by atoms with Crippen molar-refractivity contribution in [2.75, 3.05) is 24.9 Å². The van der Waals surface area contributed by atoms with Gasteiger partial charge in [0.05, 0.1) is 14.2 Å². The number of anilines is 2. The van der Waals surface area contributed by atoms with E-state index in [1.165, 1.54) is 18.2 Å². The highest BCUT2D eigenvalue weighted by molar-refractivity contribution is 6.37. The van der Waals surface area contributed by atoms with Crippen molar-refractivity contribution in [3.05, 3.63) is 18.2 Å². The highest BCUT2D eigenvalue weighted by atomic mass is 16.5. The minimum Gasteiger partial charge on any atom is -0.462 e.